The van der Waals surface area contributed by atoms with Crippen LogP contribution in [0, 0.1) is 11.7 Å². The summed E-state index contributed by atoms with van der Waals surface area (Å²) >= 11 is 0. The lowest BCUT2D eigenvalue weighted by atomic mass is 10.1. The number of hydrogen-bond acceptors (Lipinski definition) is 1. The van der Waals surface area contributed by atoms with Gasteiger partial charge in [0.25, 0.3) is 5.91 Å². The minimum absolute atomic E-state index is 0.0206. The summed E-state index contributed by atoms with van der Waals surface area (Å²) in [5.74, 6) is 0.152. The van der Waals surface area contributed by atoms with Crippen LogP contribution in [0.4, 0.5) is 4.39 Å². The van der Waals surface area contributed by atoms with Crippen LogP contribution in [0.25, 0.3) is 0 Å². The highest BCUT2D eigenvalue weighted by atomic mass is 19.1. The fourth-order valence-corrected chi connectivity index (χ4v) is 1.64. The fraction of sp³-hybridized carbons (Fsp3) is 0.500. The van der Waals surface area contributed by atoms with Gasteiger partial charge >= 0.3 is 0 Å². The van der Waals surface area contributed by atoms with E-state index in [0.29, 0.717) is 18.0 Å². The maximum absolute atomic E-state index is 12.8. The van der Waals surface area contributed by atoms with Crippen LogP contribution in [0.1, 0.15) is 37.6 Å². The Balaban J connectivity index is 2.75. The van der Waals surface area contributed by atoms with Gasteiger partial charge in [0.2, 0.25) is 0 Å². The molecule has 1 amide bonds. The third-order valence-electron chi connectivity index (χ3n) is 2.99. The summed E-state index contributed by atoms with van der Waals surface area (Å²) in [6.07, 6.45) is 1.05. The summed E-state index contributed by atoms with van der Waals surface area (Å²) in [5, 5.41) is 0. The second-order valence-corrected chi connectivity index (χ2v) is 4.36. The van der Waals surface area contributed by atoms with Crippen molar-refractivity contribution in [1.82, 2.24) is 4.90 Å². The van der Waals surface area contributed by atoms with Crippen molar-refractivity contribution in [3.63, 3.8) is 0 Å². The maximum atomic E-state index is 12.8. The number of halogens is 1. The molecule has 3 heteroatoms. The van der Waals surface area contributed by atoms with Gasteiger partial charge in [0.05, 0.1) is 0 Å². The van der Waals surface area contributed by atoms with Crippen molar-refractivity contribution in [1.29, 1.82) is 0 Å². The molecule has 1 atom stereocenters. The Bertz CT molecular complexity index is 361. The van der Waals surface area contributed by atoms with E-state index >= 15 is 0 Å². The first kappa shape index (κ1) is 13.7. The zero-order valence-corrected chi connectivity index (χ0v) is 10.7. The van der Waals surface area contributed by atoms with Gasteiger partial charge in [-0.3, -0.25) is 4.79 Å². The molecule has 0 aliphatic carbocycles. The highest BCUT2D eigenvalue weighted by molar-refractivity contribution is 5.94. The van der Waals surface area contributed by atoms with E-state index in [2.05, 4.69) is 13.8 Å². The smallest absolute Gasteiger partial charge is 0.253 e. The van der Waals surface area contributed by atoms with Crippen molar-refractivity contribution in [3.05, 3.63) is 35.6 Å². The van der Waals surface area contributed by atoms with Crippen molar-refractivity contribution in [2.24, 2.45) is 5.92 Å². The van der Waals surface area contributed by atoms with Crippen LogP contribution in [-0.2, 0) is 0 Å². The molecule has 1 rings (SSSR count). The molecule has 0 bridgehead atoms. The molecular weight excluding hydrogens is 217 g/mol. The second kappa shape index (κ2) is 6.38. The van der Waals surface area contributed by atoms with Crippen LogP contribution >= 0.6 is 0 Å². The van der Waals surface area contributed by atoms with Gasteiger partial charge in [-0.05, 0) is 37.1 Å². The lowest BCUT2D eigenvalue weighted by Gasteiger charge is -2.24. The Labute approximate surface area is 102 Å². The van der Waals surface area contributed by atoms with Gasteiger partial charge in [0.15, 0.2) is 0 Å². The van der Waals surface area contributed by atoms with E-state index in [0.717, 1.165) is 13.0 Å². The average molecular weight is 237 g/mol. The van der Waals surface area contributed by atoms with E-state index in [-0.39, 0.29) is 11.7 Å². The number of hydrogen-bond donors (Lipinski definition) is 0. The van der Waals surface area contributed by atoms with Crippen molar-refractivity contribution < 1.29 is 9.18 Å². The molecule has 1 aromatic rings. The predicted molar refractivity (Wildman–Crippen MR) is 67.4 cm³/mol. The topological polar surface area (TPSA) is 20.3 Å². The van der Waals surface area contributed by atoms with Gasteiger partial charge in [-0.25, -0.2) is 4.39 Å². The standard InChI is InChI=1S/C14H20FNO/c1-4-11(3)10-16(5-2)14(17)12-6-8-13(15)9-7-12/h6-9,11H,4-5,10H2,1-3H3. The van der Waals surface area contributed by atoms with Crippen molar-refractivity contribution in [3.8, 4) is 0 Å². The lowest BCUT2D eigenvalue weighted by Crippen LogP contribution is -2.34. The minimum Gasteiger partial charge on any atom is -0.339 e. The molecule has 2 nitrogen and oxygen atoms in total. The quantitative estimate of drug-likeness (QED) is 0.769. The van der Waals surface area contributed by atoms with Crippen LogP contribution in [0.2, 0.25) is 0 Å². The Hall–Kier alpha value is -1.38. The monoisotopic (exact) mass is 237 g/mol. The molecule has 0 fully saturated rings. The average Bonchev–Trinajstić information content (AvgIpc) is 2.35. The van der Waals surface area contributed by atoms with Gasteiger partial charge in [0, 0.05) is 18.7 Å². The van der Waals surface area contributed by atoms with Crippen molar-refractivity contribution >= 4 is 5.91 Å². The molecule has 0 aliphatic heterocycles. The van der Waals surface area contributed by atoms with E-state index in [1.54, 1.807) is 4.90 Å². The molecule has 0 N–H and O–H groups in total. The van der Waals surface area contributed by atoms with Crippen LogP contribution in [0.15, 0.2) is 24.3 Å². The Morgan fingerprint density at radius 1 is 1.29 bits per heavy atom. The molecule has 0 saturated heterocycles. The van der Waals surface area contributed by atoms with Crippen molar-refractivity contribution in [2.45, 2.75) is 27.2 Å². The highest BCUT2D eigenvalue weighted by Gasteiger charge is 2.15. The third-order valence-corrected chi connectivity index (χ3v) is 2.99. The zero-order valence-electron chi connectivity index (χ0n) is 10.7. The third kappa shape index (κ3) is 3.84. The number of benzene rings is 1. The molecule has 0 saturated carbocycles. The molecule has 1 unspecified atom stereocenters. The summed E-state index contributed by atoms with van der Waals surface area (Å²) in [4.78, 5) is 13.9. The summed E-state index contributed by atoms with van der Waals surface area (Å²) in [5.41, 5.74) is 0.552. The summed E-state index contributed by atoms with van der Waals surface area (Å²) in [7, 11) is 0. The maximum Gasteiger partial charge on any atom is 0.253 e. The number of carbonyl (C=O) groups excluding carboxylic acids is 1. The first-order valence-electron chi connectivity index (χ1n) is 6.13. The second-order valence-electron chi connectivity index (χ2n) is 4.36. The summed E-state index contributed by atoms with van der Waals surface area (Å²) in [6, 6.07) is 5.72. The summed E-state index contributed by atoms with van der Waals surface area (Å²) in [6.45, 7) is 7.63. The molecule has 0 spiro atoms. The normalized spacial score (nSPS) is 12.2. The first-order valence-corrected chi connectivity index (χ1v) is 6.13. The Kier molecular flexibility index (Phi) is 5.13. The molecule has 0 aliphatic rings. The van der Waals surface area contributed by atoms with Crippen LogP contribution in [0.5, 0.6) is 0 Å². The van der Waals surface area contributed by atoms with Gasteiger partial charge in [-0.15, -0.1) is 0 Å². The largest absolute Gasteiger partial charge is 0.339 e. The number of rotatable bonds is 5. The van der Waals surface area contributed by atoms with E-state index < -0.39 is 0 Å². The molecule has 1 aromatic carbocycles. The number of nitrogens with zero attached hydrogens (tertiary/aromatic N) is 1. The predicted octanol–water partition coefficient (Wildman–Crippen LogP) is 3.33. The van der Waals surface area contributed by atoms with Crippen LogP contribution < -0.4 is 0 Å². The SMILES string of the molecule is CCC(C)CN(CC)C(=O)c1ccc(F)cc1. The lowest BCUT2D eigenvalue weighted by molar-refractivity contribution is 0.0741. The molecule has 0 heterocycles. The summed E-state index contributed by atoms with van der Waals surface area (Å²) < 4.78 is 12.8. The Morgan fingerprint density at radius 2 is 1.88 bits per heavy atom. The van der Waals surface area contributed by atoms with Gasteiger partial charge in [0.1, 0.15) is 5.82 Å². The van der Waals surface area contributed by atoms with Gasteiger partial charge < -0.3 is 4.90 Å². The van der Waals surface area contributed by atoms with Crippen LogP contribution in [-0.4, -0.2) is 23.9 Å². The van der Waals surface area contributed by atoms with E-state index in [4.69, 9.17) is 0 Å². The molecular formula is C14H20FNO. The van der Waals surface area contributed by atoms with E-state index in [1.807, 2.05) is 6.92 Å². The Morgan fingerprint density at radius 3 is 2.35 bits per heavy atom. The van der Waals surface area contributed by atoms with Crippen molar-refractivity contribution in [2.75, 3.05) is 13.1 Å². The zero-order chi connectivity index (χ0) is 12.8. The molecule has 0 radical (unpaired) electrons. The van der Waals surface area contributed by atoms with E-state index in [1.165, 1.54) is 24.3 Å². The van der Waals surface area contributed by atoms with Crippen LogP contribution in [0.3, 0.4) is 0 Å². The number of amides is 1. The van der Waals surface area contributed by atoms with Gasteiger partial charge in [-0.1, -0.05) is 20.3 Å². The molecule has 94 valence electrons. The molecule has 17 heavy (non-hydrogen) atoms. The molecule has 0 aromatic heterocycles. The van der Waals surface area contributed by atoms with E-state index in [9.17, 15) is 9.18 Å². The number of carbonyl (C=O) groups is 1. The van der Waals surface area contributed by atoms with Gasteiger partial charge in [-0.2, -0.15) is 0 Å². The minimum atomic E-state index is -0.313. The fourth-order valence-electron chi connectivity index (χ4n) is 1.64. The highest BCUT2D eigenvalue weighted by Crippen LogP contribution is 2.10. The first-order chi connectivity index (χ1) is 8.08.